The van der Waals surface area contributed by atoms with Crippen LogP contribution >= 0.6 is 11.3 Å². The maximum Gasteiger partial charge on any atom is 0.303 e. The number of carboxylic acids is 1. The van der Waals surface area contributed by atoms with Crippen molar-refractivity contribution in [3.05, 3.63) is 21.9 Å². The van der Waals surface area contributed by atoms with Crippen LogP contribution in [0.4, 0.5) is 0 Å². The molecule has 1 heterocycles. The molecule has 22 heavy (non-hydrogen) atoms. The molecule has 0 spiro atoms. The molecule has 0 fully saturated rings. The summed E-state index contributed by atoms with van der Waals surface area (Å²) in [5.74, 6) is 4.60. The second-order valence-electron chi connectivity index (χ2n) is 5.43. The zero-order valence-electron chi connectivity index (χ0n) is 12.8. The lowest BCUT2D eigenvalue weighted by molar-refractivity contribution is -0.137. The first kappa shape index (κ1) is 18.2. The van der Waals surface area contributed by atoms with Crippen molar-refractivity contribution in [1.82, 2.24) is 5.32 Å². The highest BCUT2D eigenvalue weighted by atomic mass is 32.1. The van der Waals surface area contributed by atoms with E-state index in [2.05, 4.69) is 17.2 Å². The van der Waals surface area contributed by atoms with Crippen LogP contribution in [-0.2, 0) is 4.79 Å². The summed E-state index contributed by atoms with van der Waals surface area (Å²) in [4.78, 5) is 23.6. The smallest absolute Gasteiger partial charge is 0.303 e. The van der Waals surface area contributed by atoms with Gasteiger partial charge in [0.15, 0.2) is 0 Å². The predicted octanol–water partition coefficient (Wildman–Crippen LogP) is 2.25. The van der Waals surface area contributed by atoms with Crippen molar-refractivity contribution in [1.29, 1.82) is 0 Å². The number of amides is 1. The molecule has 0 saturated carbocycles. The number of carbonyl (C=O) groups is 2. The van der Waals surface area contributed by atoms with E-state index < -0.39 is 11.6 Å². The van der Waals surface area contributed by atoms with E-state index in [9.17, 15) is 14.7 Å². The number of unbranched alkanes of at least 4 members (excludes halogenated alkanes) is 2. The molecule has 5 nitrogen and oxygen atoms in total. The topological polar surface area (TPSA) is 86.6 Å². The Kier molecular flexibility index (Phi) is 7.09. The molecule has 0 aliphatic rings. The van der Waals surface area contributed by atoms with Crippen LogP contribution in [0.5, 0.6) is 0 Å². The Morgan fingerprint density at radius 1 is 1.27 bits per heavy atom. The van der Waals surface area contributed by atoms with Gasteiger partial charge in [-0.25, -0.2) is 0 Å². The van der Waals surface area contributed by atoms with E-state index in [1.54, 1.807) is 26.0 Å². The molecule has 6 heteroatoms. The van der Waals surface area contributed by atoms with Crippen LogP contribution < -0.4 is 5.32 Å². The molecule has 0 saturated heterocycles. The van der Waals surface area contributed by atoms with Crippen molar-refractivity contribution in [3.63, 3.8) is 0 Å². The molecule has 120 valence electrons. The number of nitrogens with one attached hydrogen (secondary N) is 1. The van der Waals surface area contributed by atoms with Gasteiger partial charge in [0.2, 0.25) is 0 Å². The Morgan fingerprint density at radius 3 is 2.64 bits per heavy atom. The van der Waals surface area contributed by atoms with Gasteiger partial charge >= 0.3 is 5.97 Å². The van der Waals surface area contributed by atoms with E-state index in [1.807, 2.05) is 0 Å². The molecule has 0 aliphatic carbocycles. The molecule has 0 unspecified atom stereocenters. The molecule has 0 radical (unpaired) electrons. The number of carboxylic acid groups (broad SMARTS) is 1. The van der Waals surface area contributed by atoms with Gasteiger partial charge in [-0.05, 0) is 38.8 Å². The van der Waals surface area contributed by atoms with Crippen molar-refractivity contribution in [2.45, 2.75) is 45.1 Å². The third-order valence-corrected chi connectivity index (χ3v) is 3.67. The van der Waals surface area contributed by atoms with E-state index in [0.717, 1.165) is 17.7 Å². The van der Waals surface area contributed by atoms with E-state index in [0.29, 0.717) is 17.8 Å². The van der Waals surface area contributed by atoms with Gasteiger partial charge in [-0.15, -0.1) is 11.3 Å². The fraction of sp³-hybridized carbons (Fsp3) is 0.500. The zero-order valence-corrected chi connectivity index (χ0v) is 13.6. The first-order chi connectivity index (χ1) is 10.3. The summed E-state index contributed by atoms with van der Waals surface area (Å²) in [6.07, 6.45) is 2.33. The summed E-state index contributed by atoms with van der Waals surface area (Å²) in [7, 11) is 0. The lowest BCUT2D eigenvalue weighted by Gasteiger charge is -2.05. The predicted molar refractivity (Wildman–Crippen MR) is 85.9 cm³/mol. The molecule has 1 aromatic rings. The number of carbonyl (C=O) groups excluding carboxylic acids is 1. The van der Waals surface area contributed by atoms with Crippen molar-refractivity contribution < 1.29 is 19.8 Å². The van der Waals surface area contributed by atoms with Crippen molar-refractivity contribution >= 4 is 23.2 Å². The minimum atomic E-state index is -1.05. The van der Waals surface area contributed by atoms with Crippen LogP contribution in [0.25, 0.3) is 0 Å². The Hall–Kier alpha value is -1.84. The quantitative estimate of drug-likeness (QED) is 0.530. The summed E-state index contributed by atoms with van der Waals surface area (Å²) in [6.45, 7) is 3.73. The number of rotatable bonds is 7. The minimum absolute atomic E-state index is 0.153. The second kappa shape index (κ2) is 8.57. The van der Waals surface area contributed by atoms with Crippen molar-refractivity contribution in [3.8, 4) is 11.8 Å². The van der Waals surface area contributed by atoms with Gasteiger partial charge in [0.25, 0.3) is 5.91 Å². The van der Waals surface area contributed by atoms with Crippen LogP contribution in [0.3, 0.4) is 0 Å². The fourth-order valence-corrected chi connectivity index (χ4v) is 2.38. The summed E-state index contributed by atoms with van der Waals surface area (Å²) in [5, 5.41) is 20.8. The van der Waals surface area contributed by atoms with Crippen LogP contribution in [0.2, 0.25) is 0 Å². The highest BCUT2D eigenvalue weighted by molar-refractivity contribution is 7.14. The first-order valence-electron chi connectivity index (χ1n) is 7.13. The summed E-state index contributed by atoms with van der Waals surface area (Å²) in [5.41, 5.74) is -1.05. The van der Waals surface area contributed by atoms with Gasteiger partial charge in [-0.3, -0.25) is 9.59 Å². The Labute approximate surface area is 134 Å². The van der Waals surface area contributed by atoms with Crippen molar-refractivity contribution in [2.24, 2.45) is 0 Å². The lowest BCUT2D eigenvalue weighted by atomic mass is 10.1. The normalized spacial score (nSPS) is 10.7. The molecular weight excluding hydrogens is 302 g/mol. The van der Waals surface area contributed by atoms with Crippen LogP contribution in [-0.4, -0.2) is 34.2 Å². The SMILES string of the molecule is CC(C)(O)C#Cc1ccc(C(=O)NCCCCCC(=O)O)s1. The maximum absolute atomic E-state index is 11.9. The molecule has 1 rings (SSSR count). The number of thiophene rings is 1. The number of aliphatic hydroxyl groups is 1. The lowest BCUT2D eigenvalue weighted by Crippen LogP contribution is -2.23. The number of hydrogen-bond acceptors (Lipinski definition) is 4. The molecule has 0 aromatic carbocycles. The number of hydrogen-bond donors (Lipinski definition) is 3. The van der Waals surface area contributed by atoms with Crippen LogP contribution in [0, 0.1) is 11.8 Å². The summed E-state index contributed by atoms with van der Waals surface area (Å²) < 4.78 is 0. The Balaban J connectivity index is 2.36. The summed E-state index contributed by atoms with van der Waals surface area (Å²) >= 11 is 1.28. The molecule has 3 N–H and O–H groups in total. The molecule has 0 atom stereocenters. The third-order valence-electron chi connectivity index (χ3n) is 2.67. The minimum Gasteiger partial charge on any atom is -0.481 e. The number of aliphatic carboxylic acids is 1. The molecular formula is C16H21NO4S. The van der Waals surface area contributed by atoms with E-state index in [4.69, 9.17) is 5.11 Å². The highest BCUT2D eigenvalue weighted by Crippen LogP contribution is 2.15. The second-order valence-corrected chi connectivity index (χ2v) is 6.52. The highest BCUT2D eigenvalue weighted by Gasteiger charge is 2.09. The van der Waals surface area contributed by atoms with Crippen LogP contribution in [0.1, 0.15) is 54.1 Å². The standard InChI is InChI=1S/C16H21NO4S/c1-16(2,21)10-9-12-7-8-13(22-12)15(20)17-11-5-3-4-6-14(18)19/h7-8,21H,3-6,11H2,1-2H3,(H,17,20)(H,18,19). The average molecular weight is 323 g/mol. The largest absolute Gasteiger partial charge is 0.481 e. The Bertz CT molecular complexity index is 575. The molecule has 1 aromatic heterocycles. The first-order valence-corrected chi connectivity index (χ1v) is 7.95. The van der Waals surface area contributed by atoms with Gasteiger partial charge in [0, 0.05) is 13.0 Å². The molecule has 0 bridgehead atoms. The van der Waals surface area contributed by atoms with Gasteiger partial charge in [0.05, 0.1) is 9.75 Å². The molecule has 1 amide bonds. The zero-order chi connectivity index (χ0) is 16.6. The Morgan fingerprint density at radius 2 is 2.00 bits per heavy atom. The van der Waals surface area contributed by atoms with Gasteiger partial charge in [0.1, 0.15) is 5.60 Å². The fourth-order valence-electron chi connectivity index (χ4n) is 1.61. The van der Waals surface area contributed by atoms with Crippen LogP contribution in [0.15, 0.2) is 12.1 Å². The van der Waals surface area contributed by atoms with Gasteiger partial charge < -0.3 is 15.5 Å². The van der Waals surface area contributed by atoms with E-state index in [1.165, 1.54) is 11.3 Å². The average Bonchev–Trinajstić information content (AvgIpc) is 2.88. The third kappa shape index (κ3) is 7.81. The summed E-state index contributed by atoms with van der Waals surface area (Å²) in [6, 6.07) is 3.46. The van der Waals surface area contributed by atoms with Crippen molar-refractivity contribution in [2.75, 3.05) is 6.54 Å². The van der Waals surface area contributed by atoms with Gasteiger partial charge in [-0.2, -0.15) is 0 Å². The monoisotopic (exact) mass is 323 g/mol. The maximum atomic E-state index is 11.9. The van der Waals surface area contributed by atoms with E-state index in [-0.39, 0.29) is 12.3 Å². The van der Waals surface area contributed by atoms with E-state index >= 15 is 0 Å². The molecule has 0 aliphatic heterocycles. The van der Waals surface area contributed by atoms with Gasteiger partial charge in [-0.1, -0.05) is 18.3 Å².